The molecule has 0 aromatic rings. The Morgan fingerprint density at radius 1 is 1.32 bits per heavy atom. The predicted octanol–water partition coefficient (Wildman–Crippen LogP) is 0.830. The van der Waals surface area contributed by atoms with Crippen LogP contribution in [0.25, 0.3) is 0 Å². The summed E-state index contributed by atoms with van der Waals surface area (Å²) in [5.41, 5.74) is 0. The van der Waals surface area contributed by atoms with Gasteiger partial charge in [0.2, 0.25) is 5.91 Å². The molecule has 1 unspecified atom stereocenters. The molecule has 110 valence electrons. The molecular formula is C14H26N2O3. The number of rotatable bonds is 7. The summed E-state index contributed by atoms with van der Waals surface area (Å²) in [4.78, 5) is 11.7. The highest BCUT2D eigenvalue weighted by atomic mass is 16.5. The van der Waals surface area contributed by atoms with Gasteiger partial charge in [-0.3, -0.25) is 4.79 Å². The highest BCUT2D eigenvalue weighted by Crippen LogP contribution is 2.10. The molecule has 2 aliphatic heterocycles. The second-order valence-electron chi connectivity index (χ2n) is 5.38. The minimum absolute atomic E-state index is 0.158. The Morgan fingerprint density at radius 2 is 2.16 bits per heavy atom. The van der Waals surface area contributed by atoms with Gasteiger partial charge < -0.3 is 20.1 Å². The zero-order valence-corrected chi connectivity index (χ0v) is 11.7. The van der Waals surface area contributed by atoms with Crippen molar-refractivity contribution < 1.29 is 14.3 Å². The normalized spacial score (nSPS) is 24.5. The third-order valence-corrected chi connectivity index (χ3v) is 3.76. The molecule has 2 rings (SSSR count). The second kappa shape index (κ2) is 8.51. The molecule has 2 heterocycles. The van der Waals surface area contributed by atoms with Gasteiger partial charge in [-0.2, -0.15) is 0 Å². The summed E-state index contributed by atoms with van der Waals surface area (Å²) in [5.74, 6) is 0.158. The molecule has 5 heteroatoms. The largest absolute Gasteiger partial charge is 0.381 e. The van der Waals surface area contributed by atoms with Gasteiger partial charge in [-0.05, 0) is 38.6 Å². The number of carbonyl (C=O) groups is 1. The summed E-state index contributed by atoms with van der Waals surface area (Å²) in [6.07, 6.45) is 6.17. The van der Waals surface area contributed by atoms with E-state index in [4.69, 9.17) is 9.47 Å². The maximum absolute atomic E-state index is 11.7. The van der Waals surface area contributed by atoms with Crippen LogP contribution in [0.1, 0.15) is 38.5 Å². The van der Waals surface area contributed by atoms with Crippen LogP contribution in [0.4, 0.5) is 0 Å². The number of carbonyl (C=O) groups excluding carboxylic acids is 1. The maximum Gasteiger partial charge on any atom is 0.221 e. The van der Waals surface area contributed by atoms with Gasteiger partial charge in [0.15, 0.2) is 0 Å². The third-order valence-electron chi connectivity index (χ3n) is 3.76. The monoisotopic (exact) mass is 270 g/mol. The third kappa shape index (κ3) is 5.89. The molecule has 0 saturated carbocycles. The zero-order valence-electron chi connectivity index (χ0n) is 11.7. The van der Waals surface area contributed by atoms with E-state index < -0.39 is 0 Å². The lowest BCUT2D eigenvalue weighted by Crippen LogP contribution is -2.33. The van der Waals surface area contributed by atoms with Crippen molar-refractivity contribution in [1.29, 1.82) is 0 Å². The topological polar surface area (TPSA) is 59.6 Å². The van der Waals surface area contributed by atoms with E-state index in [1.165, 1.54) is 6.42 Å². The van der Waals surface area contributed by atoms with Gasteiger partial charge in [0, 0.05) is 38.8 Å². The van der Waals surface area contributed by atoms with E-state index in [-0.39, 0.29) is 5.91 Å². The SMILES string of the molecule is O=C(CC1CCCN1)NCCCOC1CCOCC1. The minimum Gasteiger partial charge on any atom is -0.381 e. The molecule has 0 radical (unpaired) electrons. The van der Waals surface area contributed by atoms with Gasteiger partial charge in [-0.1, -0.05) is 0 Å². The quantitative estimate of drug-likeness (QED) is 0.673. The first kappa shape index (κ1) is 14.8. The average Bonchev–Trinajstić information content (AvgIpc) is 2.92. The molecule has 1 atom stereocenters. The van der Waals surface area contributed by atoms with E-state index in [0.717, 1.165) is 58.6 Å². The first-order valence-corrected chi connectivity index (χ1v) is 7.54. The Balaban J connectivity index is 1.43. The van der Waals surface area contributed by atoms with Crippen molar-refractivity contribution >= 4 is 5.91 Å². The van der Waals surface area contributed by atoms with E-state index in [9.17, 15) is 4.79 Å². The van der Waals surface area contributed by atoms with Crippen LogP contribution in [0.2, 0.25) is 0 Å². The number of amides is 1. The summed E-state index contributed by atoms with van der Waals surface area (Å²) in [7, 11) is 0. The predicted molar refractivity (Wildman–Crippen MR) is 73.1 cm³/mol. The Labute approximate surface area is 115 Å². The van der Waals surface area contributed by atoms with E-state index in [1.807, 2.05) is 0 Å². The average molecular weight is 270 g/mol. The van der Waals surface area contributed by atoms with Gasteiger partial charge in [-0.25, -0.2) is 0 Å². The van der Waals surface area contributed by atoms with Crippen LogP contribution < -0.4 is 10.6 Å². The first-order valence-electron chi connectivity index (χ1n) is 7.54. The van der Waals surface area contributed by atoms with E-state index in [0.29, 0.717) is 18.6 Å². The summed E-state index contributed by atoms with van der Waals surface area (Å²) in [6.45, 7) is 4.13. The lowest BCUT2D eigenvalue weighted by Gasteiger charge is -2.22. The molecule has 2 aliphatic rings. The van der Waals surface area contributed by atoms with Crippen LogP contribution >= 0.6 is 0 Å². The molecule has 2 saturated heterocycles. The van der Waals surface area contributed by atoms with Gasteiger partial charge in [0.1, 0.15) is 0 Å². The Bertz CT molecular complexity index is 261. The standard InChI is InChI=1S/C14H26N2O3/c17-14(11-12-3-1-6-15-12)16-7-2-8-19-13-4-9-18-10-5-13/h12-13,15H,1-11H2,(H,16,17). The van der Waals surface area contributed by atoms with Crippen LogP contribution in [0.3, 0.4) is 0 Å². The molecule has 0 bridgehead atoms. The molecule has 1 amide bonds. The zero-order chi connectivity index (χ0) is 13.3. The molecule has 0 aromatic carbocycles. The molecule has 0 aromatic heterocycles. The van der Waals surface area contributed by atoms with Crippen LogP contribution in [0.15, 0.2) is 0 Å². The van der Waals surface area contributed by atoms with Gasteiger partial charge >= 0.3 is 0 Å². The summed E-state index contributed by atoms with van der Waals surface area (Å²) in [5, 5.41) is 6.30. The highest BCUT2D eigenvalue weighted by molar-refractivity contribution is 5.76. The molecule has 0 spiro atoms. The fourth-order valence-electron chi connectivity index (χ4n) is 2.62. The van der Waals surface area contributed by atoms with Crippen molar-refractivity contribution in [2.24, 2.45) is 0 Å². The van der Waals surface area contributed by atoms with E-state index in [1.54, 1.807) is 0 Å². The molecule has 0 aliphatic carbocycles. The number of hydrogen-bond donors (Lipinski definition) is 2. The fourth-order valence-corrected chi connectivity index (χ4v) is 2.62. The smallest absolute Gasteiger partial charge is 0.221 e. The molecule has 2 N–H and O–H groups in total. The van der Waals surface area contributed by atoms with Crippen molar-refractivity contribution in [3.8, 4) is 0 Å². The van der Waals surface area contributed by atoms with E-state index >= 15 is 0 Å². The number of nitrogens with one attached hydrogen (secondary N) is 2. The molecular weight excluding hydrogens is 244 g/mol. The van der Waals surface area contributed by atoms with Crippen LogP contribution in [0.5, 0.6) is 0 Å². The lowest BCUT2D eigenvalue weighted by molar-refractivity contribution is -0.121. The van der Waals surface area contributed by atoms with E-state index in [2.05, 4.69) is 10.6 Å². The van der Waals surface area contributed by atoms with Gasteiger partial charge in [0.05, 0.1) is 6.10 Å². The van der Waals surface area contributed by atoms with Crippen LogP contribution in [-0.4, -0.2) is 51.0 Å². The Kier molecular flexibility index (Phi) is 6.61. The fraction of sp³-hybridized carbons (Fsp3) is 0.929. The van der Waals surface area contributed by atoms with Crippen molar-refractivity contribution in [2.75, 3.05) is 32.9 Å². The van der Waals surface area contributed by atoms with Crippen molar-refractivity contribution in [2.45, 2.75) is 50.7 Å². The number of ether oxygens (including phenoxy) is 2. The second-order valence-corrected chi connectivity index (χ2v) is 5.38. The summed E-state index contributed by atoms with van der Waals surface area (Å²) < 4.78 is 11.0. The van der Waals surface area contributed by atoms with Crippen molar-refractivity contribution in [3.63, 3.8) is 0 Å². The molecule has 5 nitrogen and oxygen atoms in total. The lowest BCUT2D eigenvalue weighted by atomic mass is 10.1. The maximum atomic E-state index is 11.7. The first-order chi connectivity index (χ1) is 9.34. The molecule has 19 heavy (non-hydrogen) atoms. The Hall–Kier alpha value is -0.650. The number of hydrogen-bond acceptors (Lipinski definition) is 4. The van der Waals surface area contributed by atoms with Crippen molar-refractivity contribution in [3.05, 3.63) is 0 Å². The summed E-state index contributed by atoms with van der Waals surface area (Å²) in [6, 6.07) is 0.387. The van der Waals surface area contributed by atoms with Crippen LogP contribution in [0, 0.1) is 0 Å². The Morgan fingerprint density at radius 3 is 2.89 bits per heavy atom. The minimum atomic E-state index is 0.158. The van der Waals surface area contributed by atoms with Crippen LogP contribution in [-0.2, 0) is 14.3 Å². The highest BCUT2D eigenvalue weighted by Gasteiger charge is 2.17. The van der Waals surface area contributed by atoms with Crippen molar-refractivity contribution in [1.82, 2.24) is 10.6 Å². The van der Waals surface area contributed by atoms with Gasteiger partial charge in [0.25, 0.3) is 0 Å². The molecule has 2 fully saturated rings. The van der Waals surface area contributed by atoms with Gasteiger partial charge in [-0.15, -0.1) is 0 Å². The summed E-state index contributed by atoms with van der Waals surface area (Å²) >= 11 is 0.